The van der Waals surface area contributed by atoms with Gasteiger partial charge in [0.2, 0.25) is 0 Å². The first kappa shape index (κ1) is 14.8. The Hall–Kier alpha value is -1.30. The number of anilines is 1. The summed E-state index contributed by atoms with van der Waals surface area (Å²) in [6.07, 6.45) is -4.36. The van der Waals surface area contributed by atoms with E-state index in [4.69, 9.17) is 5.73 Å². The van der Waals surface area contributed by atoms with Gasteiger partial charge in [-0.15, -0.1) is 0 Å². The zero-order valence-electron chi connectivity index (χ0n) is 10.3. The van der Waals surface area contributed by atoms with Gasteiger partial charge in [0.15, 0.2) is 0 Å². The van der Waals surface area contributed by atoms with Crippen molar-refractivity contribution < 1.29 is 17.6 Å². The third-order valence-electron chi connectivity index (χ3n) is 2.59. The normalized spacial score (nSPS) is 13.5. The molecule has 6 heteroatoms. The van der Waals surface area contributed by atoms with Crippen LogP contribution in [0, 0.1) is 5.82 Å². The molecule has 0 saturated heterocycles. The third kappa shape index (κ3) is 3.87. The molecule has 0 aliphatic heterocycles. The Morgan fingerprint density at radius 2 is 1.94 bits per heavy atom. The molecular weight excluding hydrogens is 248 g/mol. The largest absolute Gasteiger partial charge is 0.405 e. The molecule has 0 aliphatic rings. The molecule has 1 atom stereocenters. The Morgan fingerprint density at radius 3 is 2.33 bits per heavy atom. The second-order valence-electron chi connectivity index (χ2n) is 4.13. The summed E-state index contributed by atoms with van der Waals surface area (Å²) in [6.45, 7) is 2.14. The van der Waals surface area contributed by atoms with Crippen molar-refractivity contribution in [2.75, 3.05) is 18.0 Å². The van der Waals surface area contributed by atoms with Gasteiger partial charge >= 0.3 is 6.18 Å². The predicted octanol–water partition coefficient (Wildman–Crippen LogP) is 3.23. The first-order chi connectivity index (χ1) is 8.24. The molecule has 0 fully saturated rings. The topological polar surface area (TPSA) is 29.3 Å². The van der Waals surface area contributed by atoms with Crippen LogP contribution in [0.4, 0.5) is 23.2 Å². The van der Waals surface area contributed by atoms with Gasteiger partial charge in [-0.25, -0.2) is 4.39 Å². The summed E-state index contributed by atoms with van der Waals surface area (Å²) in [5, 5.41) is 0. The Labute approximate surface area is 103 Å². The van der Waals surface area contributed by atoms with Crippen LogP contribution in [0.2, 0.25) is 0 Å². The average molecular weight is 264 g/mol. The lowest BCUT2D eigenvalue weighted by molar-refractivity contribution is -0.119. The fraction of sp³-hybridized carbons (Fsp3) is 0.500. The van der Waals surface area contributed by atoms with Gasteiger partial charge in [-0.2, -0.15) is 13.2 Å². The van der Waals surface area contributed by atoms with Crippen molar-refractivity contribution in [2.24, 2.45) is 5.73 Å². The quantitative estimate of drug-likeness (QED) is 0.846. The van der Waals surface area contributed by atoms with E-state index in [0.29, 0.717) is 5.56 Å². The molecule has 2 N–H and O–H groups in total. The molecule has 2 nitrogen and oxygen atoms in total. The highest BCUT2D eigenvalue weighted by molar-refractivity contribution is 5.49. The van der Waals surface area contributed by atoms with E-state index in [1.54, 1.807) is 19.9 Å². The number of nitrogens with zero attached hydrogens (tertiary/aromatic N) is 1. The lowest BCUT2D eigenvalue weighted by atomic mass is 10.1. The van der Waals surface area contributed by atoms with Gasteiger partial charge in [0.1, 0.15) is 12.4 Å². The van der Waals surface area contributed by atoms with Crippen LogP contribution in [0.15, 0.2) is 18.2 Å². The molecule has 0 unspecified atom stereocenters. The second-order valence-corrected chi connectivity index (χ2v) is 4.13. The highest BCUT2D eigenvalue weighted by Crippen LogP contribution is 2.26. The van der Waals surface area contributed by atoms with Crippen LogP contribution in [-0.2, 0) is 0 Å². The Morgan fingerprint density at radius 1 is 1.33 bits per heavy atom. The SMILES string of the molecule is CCN(CC(F)(F)F)c1ccc([C@@H](C)N)cc1F. The summed E-state index contributed by atoms with van der Waals surface area (Å²) in [4.78, 5) is 0.945. The monoisotopic (exact) mass is 264 g/mol. The van der Waals surface area contributed by atoms with Crippen molar-refractivity contribution in [3.05, 3.63) is 29.6 Å². The Bertz CT molecular complexity index is 402. The van der Waals surface area contributed by atoms with E-state index in [0.717, 1.165) is 4.90 Å². The van der Waals surface area contributed by atoms with E-state index in [1.165, 1.54) is 12.1 Å². The molecule has 0 saturated carbocycles. The van der Waals surface area contributed by atoms with Gasteiger partial charge in [-0.3, -0.25) is 0 Å². The van der Waals surface area contributed by atoms with Crippen LogP contribution < -0.4 is 10.6 Å². The minimum atomic E-state index is -4.36. The molecule has 0 aromatic heterocycles. The molecule has 102 valence electrons. The maximum Gasteiger partial charge on any atom is 0.405 e. The molecule has 0 heterocycles. The van der Waals surface area contributed by atoms with Crippen molar-refractivity contribution in [3.8, 4) is 0 Å². The Balaban J connectivity index is 3.00. The first-order valence-corrected chi connectivity index (χ1v) is 5.61. The molecule has 1 rings (SSSR count). The summed E-state index contributed by atoms with van der Waals surface area (Å²) in [5.41, 5.74) is 6.08. The smallest absolute Gasteiger partial charge is 0.360 e. The lowest BCUT2D eigenvalue weighted by Crippen LogP contribution is -2.34. The van der Waals surface area contributed by atoms with Crippen LogP contribution in [0.1, 0.15) is 25.5 Å². The van der Waals surface area contributed by atoms with Crippen molar-refractivity contribution in [1.29, 1.82) is 0 Å². The van der Waals surface area contributed by atoms with Crippen LogP contribution in [0.5, 0.6) is 0 Å². The zero-order chi connectivity index (χ0) is 13.9. The fourth-order valence-electron chi connectivity index (χ4n) is 1.65. The summed E-state index contributed by atoms with van der Waals surface area (Å²) >= 11 is 0. The molecule has 18 heavy (non-hydrogen) atoms. The predicted molar refractivity (Wildman–Crippen MR) is 62.9 cm³/mol. The van der Waals surface area contributed by atoms with Gasteiger partial charge < -0.3 is 10.6 Å². The minimum absolute atomic E-state index is 0.0563. The maximum atomic E-state index is 13.8. The number of hydrogen-bond acceptors (Lipinski definition) is 2. The molecule has 1 aromatic rings. The van der Waals surface area contributed by atoms with Crippen molar-refractivity contribution in [2.45, 2.75) is 26.1 Å². The summed E-state index contributed by atoms with van der Waals surface area (Å²) < 4.78 is 50.8. The van der Waals surface area contributed by atoms with E-state index in [1.807, 2.05) is 0 Å². The minimum Gasteiger partial charge on any atom is -0.360 e. The molecule has 0 bridgehead atoms. The highest BCUT2D eigenvalue weighted by atomic mass is 19.4. The van der Waals surface area contributed by atoms with Gasteiger partial charge in [-0.05, 0) is 31.5 Å². The first-order valence-electron chi connectivity index (χ1n) is 5.61. The molecule has 0 spiro atoms. The molecule has 0 aliphatic carbocycles. The van der Waals surface area contributed by atoms with Crippen molar-refractivity contribution in [1.82, 2.24) is 0 Å². The molecule has 0 amide bonds. The fourth-order valence-corrected chi connectivity index (χ4v) is 1.65. The second kappa shape index (κ2) is 5.56. The number of hydrogen-bond donors (Lipinski definition) is 1. The molecule has 1 aromatic carbocycles. The standard InChI is InChI=1S/C12H16F4N2/c1-3-18(7-12(14,15)16)11-5-4-9(8(2)17)6-10(11)13/h4-6,8H,3,7,17H2,1-2H3/t8-/m1/s1. The Kier molecular flexibility index (Phi) is 4.56. The summed E-state index contributed by atoms with van der Waals surface area (Å²) in [5.74, 6) is -0.684. The molecular formula is C12H16F4N2. The number of nitrogens with two attached hydrogens (primary N) is 1. The van der Waals surface area contributed by atoms with E-state index in [9.17, 15) is 17.6 Å². The highest BCUT2D eigenvalue weighted by Gasteiger charge is 2.31. The van der Waals surface area contributed by atoms with E-state index in [2.05, 4.69) is 0 Å². The van der Waals surface area contributed by atoms with Crippen LogP contribution in [0.3, 0.4) is 0 Å². The average Bonchev–Trinajstić information content (AvgIpc) is 2.24. The maximum absolute atomic E-state index is 13.8. The van der Waals surface area contributed by atoms with Gasteiger partial charge in [0, 0.05) is 12.6 Å². The summed E-state index contributed by atoms with van der Waals surface area (Å²) in [6, 6.07) is 3.70. The number of alkyl halides is 3. The van der Waals surface area contributed by atoms with E-state index < -0.39 is 18.5 Å². The van der Waals surface area contributed by atoms with Crippen LogP contribution in [0.25, 0.3) is 0 Å². The van der Waals surface area contributed by atoms with Crippen LogP contribution in [-0.4, -0.2) is 19.3 Å². The third-order valence-corrected chi connectivity index (χ3v) is 2.59. The number of benzene rings is 1. The number of rotatable bonds is 4. The van der Waals surface area contributed by atoms with Crippen molar-refractivity contribution in [3.63, 3.8) is 0 Å². The number of halogens is 4. The van der Waals surface area contributed by atoms with E-state index in [-0.39, 0.29) is 18.3 Å². The van der Waals surface area contributed by atoms with Gasteiger partial charge in [-0.1, -0.05) is 6.07 Å². The van der Waals surface area contributed by atoms with Crippen LogP contribution >= 0.6 is 0 Å². The van der Waals surface area contributed by atoms with E-state index >= 15 is 0 Å². The summed E-state index contributed by atoms with van der Waals surface area (Å²) in [7, 11) is 0. The van der Waals surface area contributed by atoms with Crippen molar-refractivity contribution >= 4 is 5.69 Å². The molecule has 0 radical (unpaired) electrons. The van der Waals surface area contributed by atoms with Gasteiger partial charge in [0.25, 0.3) is 0 Å². The zero-order valence-corrected chi connectivity index (χ0v) is 10.3. The lowest BCUT2D eigenvalue weighted by Gasteiger charge is -2.25. The van der Waals surface area contributed by atoms with Gasteiger partial charge in [0.05, 0.1) is 5.69 Å².